The van der Waals surface area contributed by atoms with Gasteiger partial charge in [-0.2, -0.15) is 10.1 Å². The number of anilines is 1. The average molecular weight is 416 g/mol. The van der Waals surface area contributed by atoms with Gasteiger partial charge in [0.2, 0.25) is 5.91 Å². The lowest BCUT2D eigenvalue weighted by atomic mass is 10.2. The van der Waals surface area contributed by atoms with Gasteiger partial charge in [-0.15, -0.1) is 0 Å². The lowest BCUT2D eigenvalue weighted by Gasteiger charge is -2.16. The Morgan fingerprint density at radius 3 is 2.90 bits per heavy atom. The third-order valence-corrected chi connectivity index (χ3v) is 6.22. The Balaban J connectivity index is 1.48. The van der Waals surface area contributed by atoms with Crippen LogP contribution in [0.5, 0.6) is 5.75 Å². The van der Waals surface area contributed by atoms with E-state index in [1.54, 1.807) is 18.4 Å². The molecule has 0 saturated carbocycles. The maximum atomic E-state index is 12.3. The molecule has 4 rings (SSSR count). The highest BCUT2D eigenvalue weighted by atomic mass is 32.1. The zero-order chi connectivity index (χ0) is 20.4. The monoisotopic (exact) mass is 415 g/mol. The van der Waals surface area contributed by atoms with Gasteiger partial charge in [0.25, 0.3) is 0 Å². The molecule has 3 aromatic rings. The Morgan fingerprint density at radius 1 is 1.41 bits per heavy atom. The Kier molecular flexibility index (Phi) is 5.68. The fourth-order valence-corrected chi connectivity index (χ4v) is 4.31. The largest absolute Gasteiger partial charge is 0.497 e. The lowest BCUT2D eigenvalue weighted by Crippen LogP contribution is -2.38. The summed E-state index contributed by atoms with van der Waals surface area (Å²) in [6.45, 7) is 3.57. The van der Waals surface area contributed by atoms with Crippen LogP contribution in [0.3, 0.4) is 0 Å². The van der Waals surface area contributed by atoms with Gasteiger partial charge in [0.05, 0.1) is 35.8 Å². The molecule has 3 heterocycles. The molecule has 0 bridgehead atoms. The van der Waals surface area contributed by atoms with E-state index < -0.39 is 0 Å². The van der Waals surface area contributed by atoms with Gasteiger partial charge in [-0.1, -0.05) is 11.3 Å². The molecular formula is C20H25N5O3S. The number of nitrogens with zero attached hydrogens (tertiary/aromatic N) is 4. The maximum absolute atomic E-state index is 12.3. The van der Waals surface area contributed by atoms with E-state index >= 15 is 0 Å². The van der Waals surface area contributed by atoms with Crippen LogP contribution in [0.15, 0.2) is 24.3 Å². The van der Waals surface area contributed by atoms with E-state index in [-0.39, 0.29) is 18.6 Å². The number of amides is 1. The highest BCUT2D eigenvalue weighted by Crippen LogP contribution is 2.32. The minimum absolute atomic E-state index is 0.0317. The molecule has 29 heavy (non-hydrogen) atoms. The van der Waals surface area contributed by atoms with Crippen molar-refractivity contribution in [1.29, 1.82) is 0 Å². The van der Waals surface area contributed by atoms with Crippen LogP contribution in [-0.2, 0) is 9.53 Å². The molecule has 1 atom stereocenters. The predicted octanol–water partition coefficient (Wildman–Crippen LogP) is 2.53. The highest BCUT2D eigenvalue weighted by molar-refractivity contribution is 7.22. The van der Waals surface area contributed by atoms with Crippen molar-refractivity contribution in [3.63, 3.8) is 0 Å². The fourth-order valence-electron chi connectivity index (χ4n) is 3.36. The maximum Gasteiger partial charge on any atom is 0.239 e. The first-order valence-corrected chi connectivity index (χ1v) is 10.5. The van der Waals surface area contributed by atoms with Crippen molar-refractivity contribution in [1.82, 2.24) is 20.1 Å². The van der Waals surface area contributed by atoms with Crippen molar-refractivity contribution in [2.75, 3.05) is 38.8 Å². The number of likely N-dealkylation sites (N-methyl/N-ethyl adjacent to an activating group) is 1. The molecule has 154 valence electrons. The van der Waals surface area contributed by atoms with Gasteiger partial charge in [-0.25, -0.2) is 4.68 Å². The van der Waals surface area contributed by atoms with Gasteiger partial charge in [-0.3, -0.25) is 4.79 Å². The van der Waals surface area contributed by atoms with E-state index in [4.69, 9.17) is 14.5 Å². The van der Waals surface area contributed by atoms with E-state index in [0.29, 0.717) is 6.54 Å². The quantitative estimate of drug-likeness (QED) is 0.639. The average Bonchev–Trinajstić information content (AvgIpc) is 3.45. The standard InChI is InChI=1S/C20H25N5O3S/c1-13-18-19(25(23-13)14-6-8-15(27-3)9-7-14)22-20(29-18)24(2)12-17(26)21-11-16-5-4-10-28-16/h6-9,16H,4-5,10-12H2,1-3H3,(H,21,26)/t16-/m1/s1. The molecule has 1 amide bonds. The SMILES string of the molecule is COc1ccc(-n2nc(C)c3sc(N(C)CC(=O)NC[C@H]4CCCO4)nc32)cc1. The number of hydrogen-bond acceptors (Lipinski definition) is 7. The van der Waals surface area contributed by atoms with Crippen molar-refractivity contribution >= 4 is 32.7 Å². The van der Waals surface area contributed by atoms with Crippen LogP contribution in [0.4, 0.5) is 5.13 Å². The number of nitrogens with one attached hydrogen (secondary N) is 1. The number of fused-ring (bicyclic) bond motifs is 1. The van der Waals surface area contributed by atoms with Crippen LogP contribution < -0.4 is 15.0 Å². The van der Waals surface area contributed by atoms with E-state index in [1.165, 1.54) is 0 Å². The number of methoxy groups -OCH3 is 1. The first-order chi connectivity index (χ1) is 14.0. The third-order valence-electron chi connectivity index (χ3n) is 4.95. The van der Waals surface area contributed by atoms with Crippen LogP contribution in [-0.4, -0.2) is 60.6 Å². The summed E-state index contributed by atoms with van der Waals surface area (Å²) in [6.07, 6.45) is 2.22. The van der Waals surface area contributed by atoms with Crippen molar-refractivity contribution in [3.8, 4) is 11.4 Å². The normalized spacial score (nSPS) is 16.3. The summed E-state index contributed by atoms with van der Waals surface area (Å²) in [5.41, 5.74) is 2.62. The van der Waals surface area contributed by atoms with E-state index in [0.717, 1.165) is 52.1 Å². The number of carbonyl (C=O) groups excluding carboxylic acids is 1. The number of aromatic nitrogens is 3. The molecule has 0 aliphatic carbocycles. The lowest BCUT2D eigenvalue weighted by molar-refractivity contribution is -0.120. The van der Waals surface area contributed by atoms with Crippen LogP contribution in [0, 0.1) is 6.92 Å². The molecule has 1 fully saturated rings. The summed E-state index contributed by atoms with van der Waals surface area (Å²) in [6, 6.07) is 7.70. The Hall–Kier alpha value is -2.65. The zero-order valence-electron chi connectivity index (χ0n) is 16.8. The topological polar surface area (TPSA) is 81.5 Å². The minimum Gasteiger partial charge on any atom is -0.497 e. The molecule has 1 saturated heterocycles. The summed E-state index contributed by atoms with van der Waals surface area (Å²) in [5.74, 6) is 0.761. The van der Waals surface area contributed by atoms with Gasteiger partial charge in [-0.05, 0) is 44.0 Å². The summed E-state index contributed by atoms with van der Waals surface area (Å²) >= 11 is 1.54. The minimum atomic E-state index is -0.0317. The molecule has 0 spiro atoms. The van der Waals surface area contributed by atoms with Crippen molar-refractivity contribution < 1.29 is 14.3 Å². The number of benzene rings is 1. The summed E-state index contributed by atoms with van der Waals surface area (Å²) in [7, 11) is 3.52. The molecular weight excluding hydrogens is 390 g/mol. The van der Waals surface area contributed by atoms with Gasteiger partial charge < -0.3 is 19.7 Å². The smallest absolute Gasteiger partial charge is 0.239 e. The molecule has 1 aliphatic heterocycles. The van der Waals surface area contributed by atoms with Crippen molar-refractivity contribution in [2.45, 2.75) is 25.9 Å². The Labute approximate surface area is 173 Å². The van der Waals surface area contributed by atoms with Gasteiger partial charge in [0.15, 0.2) is 10.8 Å². The number of aryl methyl sites for hydroxylation is 1. The second kappa shape index (κ2) is 8.38. The summed E-state index contributed by atoms with van der Waals surface area (Å²) in [5, 5.41) is 8.36. The number of hydrogen-bond donors (Lipinski definition) is 1. The molecule has 2 aromatic heterocycles. The zero-order valence-corrected chi connectivity index (χ0v) is 17.7. The van der Waals surface area contributed by atoms with Gasteiger partial charge in [0, 0.05) is 20.2 Å². The first-order valence-electron chi connectivity index (χ1n) is 9.65. The Morgan fingerprint density at radius 2 is 2.21 bits per heavy atom. The van der Waals surface area contributed by atoms with Crippen molar-refractivity contribution in [2.24, 2.45) is 0 Å². The molecule has 1 aromatic carbocycles. The number of ether oxygens (including phenoxy) is 2. The molecule has 9 heteroatoms. The summed E-state index contributed by atoms with van der Waals surface area (Å²) < 4.78 is 13.6. The second-order valence-electron chi connectivity index (χ2n) is 7.14. The molecule has 8 nitrogen and oxygen atoms in total. The number of thiazole rings is 1. The summed E-state index contributed by atoms with van der Waals surface area (Å²) in [4.78, 5) is 18.9. The van der Waals surface area contributed by atoms with E-state index in [2.05, 4.69) is 10.4 Å². The second-order valence-corrected chi connectivity index (χ2v) is 8.12. The van der Waals surface area contributed by atoms with E-state index in [9.17, 15) is 4.79 Å². The molecule has 1 N–H and O–H groups in total. The van der Waals surface area contributed by atoms with Crippen LogP contribution in [0.25, 0.3) is 16.0 Å². The van der Waals surface area contributed by atoms with Crippen molar-refractivity contribution in [3.05, 3.63) is 30.0 Å². The predicted molar refractivity (Wildman–Crippen MR) is 113 cm³/mol. The first kappa shape index (κ1) is 19.7. The highest BCUT2D eigenvalue weighted by Gasteiger charge is 2.20. The van der Waals surface area contributed by atoms with E-state index in [1.807, 2.05) is 47.8 Å². The van der Waals surface area contributed by atoms with Crippen LogP contribution in [0.2, 0.25) is 0 Å². The Bertz CT molecular complexity index is 992. The number of carbonyl (C=O) groups is 1. The number of rotatable bonds is 7. The van der Waals surface area contributed by atoms with Crippen LogP contribution in [0.1, 0.15) is 18.5 Å². The van der Waals surface area contributed by atoms with Crippen LogP contribution >= 0.6 is 11.3 Å². The third kappa shape index (κ3) is 4.20. The fraction of sp³-hybridized carbons (Fsp3) is 0.450. The molecule has 0 radical (unpaired) electrons. The molecule has 1 aliphatic rings. The molecule has 0 unspecified atom stereocenters. The van der Waals surface area contributed by atoms with Gasteiger partial charge >= 0.3 is 0 Å². The van der Waals surface area contributed by atoms with Gasteiger partial charge in [0.1, 0.15) is 5.75 Å².